The highest BCUT2D eigenvalue weighted by Gasteiger charge is 2.22. The van der Waals surface area contributed by atoms with E-state index in [0.29, 0.717) is 42.2 Å². The molecule has 1 aliphatic heterocycles. The Hall–Kier alpha value is -2.75. The molecule has 1 fully saturated rings. The van der Waals surface area contributed by atoms with E-state index in [4.69, 9.17) is 4.74 Å². The molecule has 1 atom stereocenters. The summed E-state index contributed by atoms with van der Waals surface area (Å²) in [6.07, 6.45) is -0.0429. The van der Waals surface area contributed by atoms with E-state index in [1.807, 2.05) is 22.8 Å². The Morgan fingerprint density at radius 1 is 1.17 bits per heavy atom. The number of halogens is 1. The van der Waals surface area contributed by atoms with Crippen LogP contribution < -0.4 is 5.32 Å². The van der Waals surface area contributed by atoms with Gasteiger partial charge in [0.05, 0.1) is 24.0 Å². The van der Waals surface area contributed by atoms with Crippen LogP contribution in [0.25, 0.3) is 11.4 Å². The molecule has 1 unspecified atom stereocenters. The van der Waals surface area contributed by atoms with Crippen molar-refractivity contribution in [2.24, 2.45) is 5.92 Å². The van der Waals surface area contributed by atoms with Crippen LogP contribution in [-0.4, -0.2) is 63.7 Å². The van der Waals surface area contributed by atoms with Gasteiger partial charge in [-0.15, -0.1) is 10.2 Å². The quantitative estimate of drug-likeness (QED) is 0.429. The minimum Gasteiger partial charge on any atom is -0.374 e. The lowest BCUT2D eigenvalue weighted by atomic mass is 10.2. The molecule has 1 saturated heterocycles. The minimum atomic E-state index is -0.340. The van der Waals surface area contributed by atoms with Crippen molar-refractivity contribution in [3.8, 4) is 11.4 Å². The molecular weight excluding hydrogens is 465 g/mol. The van der Waals surface area contributed by atoms with Crippen LogP contribution in [0.4, 0.5) is 4.39 Å². The Bertz CT molecular complexity index is 1110. The van der Waals surface area contributed by atoms with Gasteiger partial charge in [0.2, 0.25) is 5.91 Å². The fraction of sp³-hybridized carbons (Fsp3) is 0.423. The molecule has 1 aliphatic rings. The molecule has 4 rings (SSSR count). The molecule has 0 saturated carbocycles. The van der Waals surface area contributed by atoms with Gasteiger partial charge in [-0.2, -0.15) is 0 Å². The third-order valence-corrected chi connectivity index (χ3v) is 6.68. The highest BCUT2D eigenvalue weighted by atomic mass is 32.2. The number of hydrogen-bond donors (Lipinski definition) is 1. The Morgan fingerprint density at radius 2 is 1.94 bits per heavy atom. The molecule has 9 heteroatoms. The summed E-state index contributed by atoms with van der Waals surface area (Å²) in [6.45, 7) is 8.44. The van der Waals surface area contributed by atoms with E-state index in [2.05, 4.69) is 46.4 Å². The van der Waals surface area contributed by atoms with Crippen molar-refractivity contribution in [2.75, 3.05) is 32.0 Å². The number of rotatable bonds is 10. The average Bonchev–Trinajstić information content (AvgIpc) is 3.24. The van der Waals surface area contributed by atoms with Gasteiger partial charge in [-0.05, 0) is 23.6 Å². The van der Waals surface area contributed by atoms with Crippen molar-refractivity contribution in [1.29, 1.82) is 0 Å². The molecule has 0 aliphatic carbocycles. The average molecular weight is 498 g/mol. The summed E-state index contributed by atoms with van der Waals surface area (Å²) >= 11 is 1.31. The topological polar surface area (TPSA) is 72.3 Å². The number of nitrogens with one attached hydrogen (secondary N) is 1. The molecule has 2 heterocycles. The van der Waals surface area contributed by atoms with E-state index >= 15 is 0 Å². The monoisotopic (exact) mass is 497 g/mol. The lowest BCUT2D eigenvalue weighted by Crippen LogP contribution is -2.47. The smallest absolute Gasteiger partial charge is 0.230 e. The summed E-state index contributed by atoms with van der Waals surface area (Å²) in [7, 11) is 0. The summed E-state index contributed by atoms with van der Waals surface area (Å²) in [5.74, 6) is 0.563. The van der Waals surface area contributed by atoms with E-state index in [1.54, 1.807) is 18.2 Å². The lowest BCUT2D eigenvalue weighted by Gasteiger charge is -2.33. The second-order valence-corrected chi connectivity index (χ2v) is 10.0. The molecule has 2 aromatic carbocycles. The van der Waals surface area contributed by atoms with Crippen molar-refractivity contribution in [2.45, 2.75) is 38.2 Å². The first-order chi connectivity index (χ1) is 17.0. The summed E-state index contributed by atoms with van der Waals surface area (Å²) in [6, 6.07) is 16.9. The number of carbonyl (C=O) groups is 1. The lowest BCUT2D eigenvalue weighted by molar-refractivity contribution is -0.119. The normalized spacial score (nSPS) is 16.5. The van der Waals surface area contributed by atoms with Gasteiger partial charge in [-0.25, -0.2) is 4.39 Å². The van der Waals surface area contributed by atoms with E-state index in [-0.39, 0.29) is 23.6 Å². The summed E-state index contributed by atoms with van der Waals surface area (Å²) < 4.78 is 22.1. The van der Waals surface area contributed by atoms with Gasteiger partial charge >= 0.3 is 0 Å². The Balaban J connectivity index is 1.30. The molecule has 0 spiro atoms. The van der Waals surface area contributed by atoms with Crippen LogP contribution in [0.3, 0.4) is 0 Å². The van der Waals surface area contributed by atoms with E-state index in [9.17, 15) is 9.18 Å². The van der Waals surface area contributed by atoms with Crippen LogP contribution in [-0.2, 0) is 22.6 Å². The van der Waals surface area contributed by atoms with Gasteiger partial charge in [0.15, 0.2) is 11.0 Å². The van der Waals surface area contributed by atoms with Crippen molar-refractivity contribution < 1.29 is 13.9 Å². The molecule has 1 N–H and O–H groups in total. The van der Waals surface area contributed by atoms with Gasteiger partial charge in [0, 0.05) is 32.7 Å². The first kappa shape index (κ1) is 25.3. The molecule has 0 bridgehead atoms. The fourth-order valence-corrected chi connectivity index (χ4v) is 4.84. The molecule has 35 heavy (non-hydrogen) atoms. The number of hydrogen-bond acceptors (Lipinski definition) is 6. The van der Waals surface area contributed by atoms with Crippen LogP contribution in [0.1, 0.15) is 19.4 Å². The van der Waals surface area contributed by atoms with Crippen LogP contribution >= 0.6 is 11.8 Å². The fourth-order valence-electron chi connectivity index (χ4n) is 4.06. The predicted octanol–water partition coefficient (Wildman–Crippen LogP) is 3.85. The van der Waals surface area contributed by atoms with Gasteiger partial charge in [-0.3, -0.25) is 9.69 Å². The number of carbonyl (C=O) groups excluding carboxylic acids is 1. The second-order valence-electron chi connectivity index (χ2n) is 9.10. The van der Waals surface area contributed by atoms with Gasteiger partial charge < -0.3 is 14.6 Å². The zero-order chi connectivity index (χ0) is 24.6. The molecule has 1 amide bonds. The summed E-state index contributed by atoms with van der Waals surface area (Å²) in [5.41, 5.74) is 1.68. The highest BCUT2D eigenvalue weighted by molar-refractivity contribution is 7.99. The molecular formula is C26H32FN5O2S. The molecule has 3 aromatic rings. The van der Waals surface area contributed by atoms with E-state index in [0.717, 1.165) is 19.6 Å². The maximum Gasteiger partial charge on any atom is 0.230 e. The van der Waals surface area contributed by atoms with Crippen LogP contribution in [0.2, 0.25) is 0 Å². The first-order valence-electron chi connectivity index (χ1n) is 11.9. The maximum atomic E-state index is 14.4. The number of benzene rings is 2. The molecule has 0 radical (unpaired) electrons. The van der Waals surface area contributed by atoms with Crippen molar-refractivity contribution >= 4 is 17.7 Å². The van der Waals surface area contributed by atoms with Crippen molar-refractivity contribution in [3.63, 3.8) is 0 Å². The van der Waals surface area contributed by atoms with E-state index < -0.39 is 0 Å². The predicted molar refractivity (Wildman–Crippen MR) is 135 cm³/mol. The van der Waals surface area contributed by atoms with Crippen molar-refractivity contribution in [1.82, 2.24) is 25.0 Å². The first-order valence-corrected chi connectivity index (χ1v) is 12.9. The zero-order valence-electron chi connectivity index (χ0n) is 20.2. The molecule has 7 nitrogen and oxygen atoms in total. The second kappa shape index (κ2) is 12.3. The largest absolute Gasteiger partial charge is 0.374 e. The Labute approximate surface area is 210 Å². The summed E-state index contributed by atoms with van der Waals surface area (Å²) in [4.78, 5) is 14.9. The highest BCUT2D eigenvalue weighted by Crippen LogP contribution is 2.26. The standard InChI is InChI=1S/C26H32FN5O2S/c1-19(2)15-32-25(22-10-6-7-11-23(22)27)29-30-26(32)35-18-24(33)28-14-21-17-31(12-13-34-21)16-20-8-4-3-5-9-20/h3-11,19,21H,12-18H2,1-2H3,(H,28,33). The third-order valence-electron chi connectivity index (χ3n) is 5.71. The number of amides is 1. The Kier molecular flexibility index (Phi) is 8.90. The SMILES string of the molecule is CC(C)Cn1c(SCC(=O)NCC2CN(Cc3ccccc3)CCO2)nnc1-c1ccccc1F. The van der Waals surface area contributed by atoms with E-state index in [1.165, 1.54) is 23.4 Å². The third kappa shape index (κ3) is 7.13. The number of ether oxygens (including phenoxy) is 1. The number of morpholine rings is 1. The van der Waals surface area contributed by atoms with Gasteiger partial charge in [0.25, 0.3) is 0 Å². The van der Waals surface area contributed by atoms with Gasteiger partial charge in [0.1, 0.15) is 5.82 Å². The van der Waals surface area contributed by atoms with Crippen molar-refractivity contribution in [3.05, 3.63) is 66.0 Å². The van der Waals surface area contributed by atoms with Crippen LogP contribution in [0.15, 0.2) is 59.8 Å². The maximum absolute atomic E-state index is 14.4. The van der Waals surface area contributed by atoms with Crippen LogP contribution in [0.5, 0.6) is 0 Å². The van der Waals surface area contributed by atoms with Gasteiger partial charge in [-0.1, -0.05) is 68.1 Å². The van der Waals surface area contributed by atoms with Crippen LogP contribution in [0, 0.1) is 11.7 Å². The minimum absolute atomic E-state index is 0.0429. The number of aromatic nitrogens is 3. The Morgan fingerprint density at radius 3 is 2.71 bits per heavy atom. The zero-order valence-corrected chi connectivity index (χ0v) is 21.0. The molecule has 186 valence electrons. The molecule has 1 aromatic heterocycles. The summed E-state index contributed by atoms with van der Waals surface area (Å²) in [5, 5.41) is 12.1. The number of thioether (sulfide) groups is 1. The number of nitrogens with zero attached hydrogens (tertiary/aromatic N) is 4.